The van der Waals surface area contributed by atoms with E-state index in [4.69, 9.17) is 15.2 Å². The summed E-state index contributed by atoms with van der Waals surface area (Å²) in [5.74, 6) is 0.836. The summed E-state index contributed by atoms with van der Waals surface area (Å²) in [6, 6.07) is 13.0. The third kappa shape index (κ3) is 5.06. The second-order valence-electron chi connectivity index (χ2n) is 4.58. The largest absolute Gasteiger partial charge is 0.491 e. The maximum atomic E-state index is 12.7. The highest BCUT2D eigenvalue weighted by atomic mass is 19.1. The molecule has 21 heavy (non-hydrogen) atoms. The van der Waals surface area contributed by atoms with Gasteiger partial charge in [0.1, 0.15) is 36.6 Å². The number of aliphatic hydroxyl groups is 1. The van der Waals surface area contributed by atoms with Crippen LogP contribution in [0.2, 0.25) is 0 Å². The molecule has 112 valence electrons. The van der Waals surface area contributed by atoms with Gasteiger partial charge in [-0.2, -0.15) is 0 Å². The van der Waals surface area contributed by atoms with E-state index in [1.807, 2.05) is 12.1 Å². The average molecular weight is 291 g/mol. The Bertz CT molecular complexity index is 542. The summed E-state index contributed by atoms with van der Waals surface area (Å²) in [4.78, 5) is 0. The lowest BCUT2D eigenvalue weighted by Gasteiger charge is -2.13. The highest BCUT2D eigenvalue weighted by molar-refractivity contribution is 5.27. The highest BCUT2D eigenvalue weighted by Gasteiger charge is 2.07. The number of benzene rings is 2. The van der Waals surface area contributed by atoms with Crippen molar-refractivity contribution in [2.75, 3.05) is 13.2 Å². The van der Waals surface area contributed by atoms with Crippen molar-refractivity contribution in [3.05, 3.63) is 59.9 Å². The van der Waals surface area contributed by atoms with E-state index in [0.29, 0.717) is 18.0 Å². The number of rotatable bonds is 7. The Morgan fingerprint density at radius 1 is 0.905 bits per heavy atom. The first kappa shape index (κ1) is 15.3. The minimum atomic E-state index is -0.774. The number of ether oxygens (including phenoxy) is 2. The van der Waals surface area contributed by atoms with E-state index in [9.17, 15) is 9.50 Å². The van der Waals surface area contributed by atoms with Crippen LogP contribution in [-0.2, 0) is 6.54 Å². The van der Waals surface area contributed by atoms with Crippen LogP contribution in [0.4, 0.5) is 4.39 Å². The zero-order chi connectivity index (χ0) is 15.1. The molecule has 0 aliphatic heterocycles. The first-order valence-electron chi connectivity index (χ1n) is 6.65. The van der Waals surface area contributed by atoms with Crippen LogP contribution >= 0.6 is 0 Å². The van der Waals surface area contributed by atoms with Gasteiger partial charge in [-0.05, 0) is 42.0 Å². The molecule has 0 aromatic heterocycles. The predicted molar refractivity (Wildman–Crippen MR) is 77.7 cm³/mol. The molecule has 0 amide bonds. The fourth-order valence-electron chi connectivity index (χ4n) is 1.69. The highest BCUT2D eigenvalue weighted by Crippen LogP contribution is 2.13. The van der Waals surface area contributed by atoms with Gasteiger partial charge in [0.25, 0.3) is 0 Å². The van der Waals surface area contributed by atoms with Crippen LogP contribution in [-0.4, -0.2) is 24.4 Å². The Morgan fingerprint density at radius 2 is 1.38 bits per heavy atom. The second kappa shape index (κ2) is 7.61. The topological polar surface area (TPSA) is 64.7 Å². The summed E-state index contributed by atoms with van der Waals surface area (Å²) in [7, 11) is 0. The van der Waals surface area contributed by atoms with Crippen LogP contribution < -0.4 is 15.2 Å². The van der Waals surface area contributed by atoms with E-state index in [0.717, 1.165) is 5.56 Å². The number of halogens is 1. The summed E-state index contributed by atoms with van der Waals surface area (Å²) in [6.07, 6.45) is -0.774. The Kier molecular flexibility index (Phi) is 5.54. The first-order chi connectivity index (χ1) is 10.2. The molecule has 3 N–H and O–H groups in total. The summed E-state index contributed by atoms with van der Waals surface area (Å²) >= 11 is 0. The van der Waals surface area contributed by atoms with Gasteiger partial charge in [0, 0.05) is 6.54 Å². The first-order valence-corrected chi connectivity index (χ1v) is 6.65. The minimum absolute atomic E-state index is 0.0759. The van der Waals surface area contributed by atoms with E-state index < -0.39 is 6.10 Å². The molecule has 0 aliphatic rings. The standard InChI is InChI=1S/C16H18FNO3/c17-13-3-7-16(8-4-13)21-11-14(19)10-20-15-5-1-12(9-18)2-6-15/h1-8,14,19H,9-11,18H2. The van der Waals surface area contributed by atoms with Crippen LogP contribution in [0.5, 0.6) is 11.5 Å². The van der Waals surface area contributed by atoms with Gasteiger partial charge in [0.2, 0.25) is 0 Å². The molecule has 0 bridgehead atoms. The summed E-state index contributed by atoms with van der Waals surface area (Å²) in [5, 5.41) is 9.78. The van der Waals surface area contributed by atoms with Crippen molar-refractivity contribution in [1.82, 2.24) is 0 Å². The summed E-state index contributed by atoms with van der Waals surface area (Å²) in [6.45, 7) is 0.671. The number of hydrogen-bond donors (Lipinski definition) is 2. The normalized spacial score (nSPS) is 12.0. The van der Waals surface area contributed by atoms with E-state index in [1.54, 1.807) is 12.1 Å². The molecule has 0 aliphatic carbocycles. The summed E-state index contributed by atoms with van der Waals surface area (Å²) in [5.41, 5.74) is 6.52. The van der Waals surface area contributed by atoms with Gasteiger partial charge in [0.15, 0.2) is 0 Å². The lowest BCUT2D eigenvalue weighted by molar-refractivity contribution is 0.0626. The lowest BCUT2D eigenvalue weighted by atomic mass is 10.2. The Labute approximate surface area is 122 Å². The molecule has 4 nitrogen and oxygen atoms in total. The molecule has 0 radical (unpaired) electrons. The van der Waals surface area contributed by atoms with Gasteiger partial charge in [-0.15, -0.1) is 0 Å². The minimum Gasteiger partial charge on any atom is -0.491 e. The third-order valence-corrected chi connectivity index (χ3v) is 2.86. The van der Waals surface area contributed by atoms with E-state index in [1.165, 1.54) is 24.3 Å². The molecule has 0 fully saturated rings. The fourth-order valence-corrected chi connectivity index (χ4v) is 1.69. The van der Waals surface area contributed by atoms with Crippen LogP contribution in [0.3, 0.4) is 0 Å². The van der Waals surface area contributed by atoms with Crippen molar-refractivity contribution in [3.8, 4) is 11.5 Å². The maximum absolute atomic E-state index is 12.7. The van der Waals surface area contributed by atoms with Crippen LogP contribution in [0.15, 0.2) is 48.5 Å². The monoisotopic (exact) mass is 291 g/mol. The molecule has 2 aromatic carbocycles. The summed E-state index contributed by atoms with van der Waals surface area (Å²) < 4.78 is 23.5. The van der Waals surface area contributed by atoms with Gasteiger partial charge in [-0.3, -0.25) is 0 Å². The van der Waals surface area contributed by atoms with Gasteiger partial charge in [0.05, 0.1) is 0 Å². The van der Waals surface area contributed by atoms with E-state index >= 15 is 0 Å². The van der Waals surface area contributed by atoms with Gasteiger partial charge < -0.3 is 20.3 Å². The molecule has 0 heterocycles. The molecule has 0 saturated heterocycles. The molecule has 1 atom stereocenters. The number of nitrogens with two attached hydrogens (primary N) is 1. The molecular formula is C16H18FNO3. The predicted octanol–water partition coefficient (Wildman–Crippen LogP) is 2.10. The van der Waals surface area contributed by atoms with Crippen molar-refractivity contribution >= 4 is 0 Å². The Balaban J connectivity index is 1.73. The third-order valence-electron chi connectivity index (χ3n) is 2.86. The van der Waals surface area contributed by atoms with Crippen LogP contribution in [0.1, 0.15) is 5.56 Å². The molecule has 1 unspecified atom stereocenters. The molecule has 0 saturated carbocycles. The zero-order valence-corrected chi connectivity index (χ0v) is 11.5. The van der Waals surface area contributed by atoms with Crippen molar-refractivity contribution in [1.29, 1.82) is 0 Å². The van der Waals surface area contributed by atoms with Crippen molar-refractivity contribution < 1.29 is 19.0 Å². The zero-order valence-electron chi connectivity index (χ0n) is 11.5. The van der Waals surface area contributed by atoms with Gasteiger partial charge in [-0.1, -0.05) is 12.1 Å². The molecular weight excluding hydrogens is 273 g/mol. The quantitative estimate of drug-likeness (QED) is 0.820. The Morgan fingerprint density at radius 3 is 1.86 bits per heavy atom. The molecule has 2 aromatic rings. The van der Waals surface area contributed by atoms with Crippen LogP contribution in [0, 0.1) is 5.82 Å². The lowest BCUT2D eigenvalue weighted by Crippen LogP contribution is -2.25. The maximum Gasteiger partial charge on any atom is 0.123 e. The molecule has 5 heteroatoms. The van der Waals surface area contributed by atoms with Gasteiger partial charge in [-0.25, -0.2) is 4.39 Å². The smallest absolute Gasteiger partial charge is 0.123 e. The van der Waals surface area contributed by atoms with E-state index in [2.05, 4.69) is 0 Å². The molecule has 2 rings (SSSR count). The van der Waals surface area contributed by atoms with Gasteiger partial charge >= 0.3 is 0 Å². The number of aliphatic hydroxyl groups excluding tert-OH is 1. The number of hydrogen-bond acceptors (Lipinski definition) is 4. The average Bonchev–Trinajstić information content (AvgIpc) is 2.53. The fraction of sp³-hybridized carbons (Fsp3) is 0.250. The van der Waals surface area contributed by atoms with Crippen molar-refractivity contribution in [3.63, 3.8) is 0 Å². The molecule has 0 spiro atoms. The Hall–Kier alpha value is -2.11. The SMILES string of the molecule is NCc1ccc(OCC(O)COc2ccc(F)cc2)cc1. The second-order valence-corrected chi connectivity index (χ2v) is 4.58. The van der Waals surface area contributed by atoms with Crippen molar-refractivity contribution in [2.24, 2.45) is 5.73 Å². The van der Waals surface area contributed by atoms with Crippen molar-refractivity contribution in [2.45, 2.75) is 12.6 Å². The van der Waals surface area contributed by atoms with E-state index in [-0.39, 0.29) is 19.0 Å². The van der Waals surface area contributed by atoms with Crippen LogP contribution in [0.25, 0.3) is 0 Å².